The molecule has 0 radical (unpaired) electrons. The third-order valence-corrected chi connectivity index (χ3v) is 2.54. The van der Waals surface area contributed by atoms with Crippen molar-refractivity contribution in [3.05, 3.63) is 0 Å². The monoisotopic (exact) mass is 186 g/mol. The highest BCUT2D eigenvalue weighted by atomic mass is 32.2. The minimum atomic E-state index is 0. The molecule has 0 saturated carbocycles. The first-order chi connectivity index (χ1) is 5.91. The van der Waals surface area contributed by atoms with E-state index in [0.29, 0.717) is 0 Å². The Labute approximate surface area is 82.0 Å². The van der Waals surface area contributed by atoms with Gasteiger partial charge in [0, 0.05) is 5.75 Å². The molecule has 0 N–H and O–H groups in total. The summed E-state index contributed by atoms with van der Waals surface area (Å²) >= 11 is 1.38. The standard InChI is InChI=1S/C10H19NS/c1-2-3-4-5-6-7-8-9-12-10-11/h2-9H2,1H3/p+1. The molecule has 0 amide bonds. The van der Waals surface area contributed by atoms with E-state index in [1.807, 2.05) is 0 Å². The lowest BCUT2D eigenvalue weighted by Crippen LogP contribution is -1.81. The van der Waals surface area contributed by atoms with Gasteiger partial charge < -0.3 is 0 Å². The van der Waals surface area contributed by atoms with Gasteiger partial charge in [-0.25, -0.2) is 0 Å². The van der Waals surface area contributed by atoms with Gasteiger partial charge in [-0.05, 0) is 18.2 Å². The van der Waals surface area contributed by atoms with E-state index in [-0.39, 0.29) is 1.43 Å². The van der Waals surface area contributed by atoms with Gasteiger partial charge >= 0.3 is 1.43 Å². The Morgan fingerprint density at radius 3 is 2.25 bits per heavy atom. The number of hydrogen-bond donors (Lipinski definition) is 0. The zero-order valence-electron chi connectivity index (χ0n) is 9.01. The van der Waals surface area contributed by atoms with E-state index in [4.69, 9.17) is 5.26 Å². The van der Waals surface area contributed by atoms with Crippen LogP contribution in [-0.4, -0.2) is 5.75 Å². The van der Waals surface area contributed by atoms with Crippen molar-refractivity contribution >= 4 is 11.8 Å². The molecule has 0 aromatic carbocycles. The lowest BCUT2D eigenvalue weighted by molar-refractivity contribution is 0.604. The van der Waals surface area contributed by atoms with Gasteiger partial charge in [-0.15, -0.1) is 0 Å². The average Bonchev–Trinajstić information content (AvgIpc) is 2.10. The molecule has 0 aliphatic carbocycles. The Morgan fingerprint density at radius 1 is 1.08 bits per heavy atom. The minimum Gasteiger partial charge on any atom is -0.185 e. The zero-order chi connectivity index (χ0) is 9.07. The molecule has 0 aliphatic heterocycles. The molecule has 0 aromatic rings. The van der Waals surface area contributed by atoms with Crippen molar-refractivity contribution in [2.75, 3.05) is 5.75 Å². The molecule has 0 fully saturated rings. The Morgan fingerprint density at radius 2 is 1.67 bits per heavy atom. The van der Waals surface area contributed by atoms with Gasteiger partial charge in [0.25, 0.3) is 0 Å². The van der Waals surface area contributed by atoms with Gasteiger partial charge in [-0.3, -0.25) is 0 Å². The molecular formula is C10H20NS+. The molecule has 0 aliphatic rings. The minimum absolute atomic E-state index is 0. The van der Waals surface area contributed by atoms with Crippen molar-refractivity contribution in [1.29, 1.82) is 5.26 Å². The molecule has 0 rings (SSSR count). The fourth-order valence-electron chi connectivity index (χ4n) is 1.18. The number of nitrogens with zero attached hydrogens (tertiary/aromatic N) is 1. The van der Waals surface area contributed by atoms with Gasteiger partial charge in [0.05, 0.1) is 0 Å². The van der Waals surface area contributed by atoms with Crippen LogP contribution in [-0.2, 0) is 0 Å². The smallest absolute Gasteiger partial charge is 0.185 e. The molecule has 2 heteroatoms. The lowest BCUT2D eigenvalue weighted by atomic mass is 10.1. The molecular weight excluding hydrogens is 166 g/mol. The van der Waals surface area contributed by atoms with E-state index < -0.39 is 0 Å². The van der Waals surface area contributed by atoms with E-state index in [9.17, 15) is 0 Å². The fourth-order valence-corrected chi connectivity index (χ4v) is 1.62. The van der Waals surface area contributed by atoms with Crippen LogP contribution in [0.25, 0.3) is 0 Å². The van der Waals surface area contributed by atoms with Crippen LogP contribution in [0.5, 0.6) is 0 Å². The molecule has 1 nitrogen and oxygen atoms in total. The molecule has 0 bridgehead atoms. The summed E-state index contributed by atoms with van der Waals surface area (Å²) in [6.07, 6.45) is 9.35. The van der Waals surface area contributed by atoms with Crippen LogP contribution >= 0.6 is 11.8 Å². The maximum absolute atomic E-state index is 8.25. The SMILES string of the molecule is CCCCCCCCCSC#N.[H+]. The van der Waals surface area contributed by atoms with Crippen LogP contribution < -0.4 is 0 Å². The molecule has 0 spiro atoms. The maximum atomic E-state index is 8.25. The Bertz CT molecular complexity index is 123. The van der Waals surface area contributed by atoms with Crippen LogP contribution in [0.1, 0.15) is 53.3 Å². The summed E-state index contributed by atoms with van der Waals surface area (Å²) in [5.74, 6) is 1.02. The molecule has 0 unspecified atom stereocenters. The summed E-state index contributed by atoms with van der Waals surface area (Å²) in [6, 6.07) is 0. The van der Waals surface area contributed by atoms with Gasteiger partial charge in [0.15, 0.2) is 0 Å². The van der Waals surface area contributed by atoms with Gasteiger partial charge in [0.1, 0.15) is 5.40 Å². The van der Waals surface area contributed by atoms with Crippen molar-refractivity contribution in [1.82, 2.24) is 0 Å². The summed E-state index contributed by atoms with van der Waals surface area (Å²) in [5.41, 5.74) is 0. The second-order valence-corrected chi connectivity index (χ2v) is 3.94. The first-order valence-corrected chi connectivity index (χ1v) is 5.91. The highest BCUT2D eigenvalue weighted by Crippen LogP contribution is 2.09. The average molecular weight is 186 g/mol. The van der Waals surface area contributed by atoms with Gasteiger partial charge in [0.2, 0.25) is 0 Å². The predicted molar refractivity (Wildman–Crippen MR) is 57.2 cm³/mol. The van der Waals surface area contributed by atoms with E-state index in [2.05, 4.69) is 12.3 Å². The van der Waals surface area contributed by atoms with Crippen LogP contribution in [0.3, 0.4) is 0 Å². The largest absolute Gasteiger partial charge is 1.00 e. The molecule has 70 valence electrons. The number of hydrogen-bond acceptors (Lipinski definition) is 2. The maximum Gasteiger partial charge on any atom is 1.00 e. The van der Waals surface area contributed by atoms with E-state index >= 15 is 0 Å². The number of rotatable bonds is 8. The number of thioether (sulfide) groups is 1. The van der Waals surface area contributed by atoms with Crippen molar-refractivity contribution < 1.29 is 1.43 Å². The summed E-state index contributed by atoms with van der Waals surface area (Å²) in [6.45, 7) is 2.24. The number of unbranched alkanes of at least 4 members (excludes halogenated alkanes) is 6. The van der Waals surface area contributed by atoms with Gasteiger partial charge in [-0.1, -0.05) is 45.4 Å². The summed E-state index contributed by atoms with van der Waals surface area (Å²) in [4.78, 5) is 0. The Kier molecular flexibility index (Phi) is 10.7. The van der Waals surface area contributed by atoms with Crippen molar-refractivity contribution in [3.63, 3.8) is 0 Å². The quantitative estimate of drug-likeness (QED) is 0.421. The number of thiocyanates is 1. The highest BCUT2D eigenvalue weighted by Gasteiger charge is 1.90. The summed E-state index contributed by atoms with van der Waals surface area (Å²) < 4.78 is 0. The lowest BCUT2D eigenvalue weighted by Gasteiger charge is -1.98. The highest BCUT2D eigenvalue weighted by molar-refractivity contribution is 8.03. The normalized spacial score (nSPS) is 9.67. The van der Waals surface area contributed by atoms with Crippen LogP contribution in [0, 0.1) is 10.7 Å². The van der Waals surface area contributed by atoms with Crippen LogP contribution in [0.4, 0.5) is 0 Å². The zero-order valence-corrected chi connectivity index (χ0v) is 8.83. The van der Waals surface area contributed by atoms with Crippen molar-refractivity contribution in [2.24, 2.45) is 0 Å². The number of nitriles is 1. The molecule has 0 atom stereocenters. The summed E-state index contributed by atoms with van der Waals surface area (Å²) in [5, 5.41) is 10.3. The first-order valence-electron chi connectivity index (χ1n) is 4.92. The van der Waals surface area contributed by atoms with E-state index in [1.54, 1.807) is 0 Å². The molecule has 0 saturated heterocycles. The first kappa shape index (κ1) is 11.8. The van der Waals surface area contributed by atoms with Crippen LogP contribution in [0.2, 0.25) is 0 Å². The molecule has 0 aromatic heterocycles. The summed E-state index contributed by atoms with van der Waals surface area (Å²) in [7, 11) is 0. The molecule has 12 heavy (non-hydrogen) atoms. The van der Waals surface area contributed by atoms with Crippen molar-refractivity contribution in [2.45, 2.75) is 51.9 Å². The Hall–Kier alpha value is -0.160. The third-order valence-electron chi connectivity index (χ3n) is 1.91. The Balaban J connectivity index is 0. The second kappa shape index (κ2) is 10.8. The van der Waals surface area contributed by atoms with Crippen molar-refractivity contribution in [3.8, 4) is 5.40 Å². The topological polar surface area (TPSA) is 23.8 Å². The van der Waals surface area contributed by atoms with Gasteiger partial charge in [-0.2, -0.15) is 5.26 Å². The predicted octanol–water partition coefficient (Wildman–Crippen LogP) is 4.06. The molecule has 0 heterocycles. The van der Waals surface area contributed by atoms with E-state index in [0.717, 1.165) is 5.75 Å². The van der Waals surface area contributed by atoms with Crippen LogP contribution in [0.15, 0.2) is 0 Å². The second-order valence-electron chi connectivity index (χ2n) is 3.06. The third kappa shape index (κ3) is 9.84. The fraction of sp³-hybridized carbons (Fsp3) is 0.900. The van der Waals surface area contributed by atoms with E-state index in [1.165, 1.54) is 56.7 Å².